The third-order valence-corrected chi connectivity index (χ3v) is 7.35. The van der Waals surface area contributed by atoms with Crippen molar-refractivity contribution < 1.29 is 14.3 Å². The number of nitrogens with zero attached hydrogens (tertiary/aromatic N) is 5. The Bertz CT molecular complexity index is 1580. The van der Waals surface area contributed by atoms with Gasteiger partial charge in [-0.15, -0.1) is 0 Å². The number of ether oxygens (including phenoxy) is 2. The first-order valence-electron chi connectivity index (χ1n) is 14.4. The van der Waals surface area contributed by atoms with Gasteiger partial charge in [-0.2, -0.15) is 15.0 Å². The standard InChI is InChI=1S/C36H35N5O3/c1-39(21-22-40(2)36(42)41-25-30(23-37)24-38-41)35(31-13-17-33(18-14-31)43-26-28-9-5-3-6-10-28)32-15-19-34(20-16-32)44-27-29-11-7-4-8-12-29/h3-20,24-25,35H,21-22,26-27H2,1-2H3. The number of benzene rings is 4. The lowest BCUT2D eigenvalue weighted by atomic mass is 9.97. The van der Waals surface area contributed by atoms with E-state index in [1.165, 1.54) is 17.1 Å². The van der Waals surface area contributed by atoms with E-state index in [4.69, 9.17) is 14.7 Å². The first kappa shape index (κ1) is 30.1. The van der Waals surface area contributed by atoms with Crippen LogP contribution in [0.4, 0.5) is 4.79 Å². The maximum atomic E-state index is 12.9. The molecular weight excluding hydrogens is 550 g/mol. The molecule has 0 fully saturated rings. The van der Waals surface area contributed by atoms with Crippen LogP contribution >= 0.6 is 0 Å². The molecule has 1 aromatic heterocycles. The van der Waals surface area contributed by atoms with Crippen LogP contribution in [0, 0.1) is 11.3 Å². The normalized spacial score (nSPS) is 10.9. The number of likely N-dealkylation sites (N-methyl/N-ethyl adjacent to an activating group) is 2. The van der Waals surface area contributed by atoms with Gasteiger partial charge in [-0.1, -0.05) is 84.9 Å². The van der Waals surface area contributed by atoms with Crippen LogP contribution in [0.25, 0.3) is 0 Å². The van der Waals surface area contributed by atoms with E-state index in [2.05, 4.69) is 34.3 Å². The molecule has 1 heterocycles. The molecule has 0 saturated heterocycles. The lowest BCUT2D eigenvalue weighted by Crippen LogP contribution is -2.38. The quantitative estimate of drug-likeness (QED) is 0.166. The lowest BCUT2D eigenvalue weighted by Gasteiger charge is -2.31. The van der Waals surface area contributed by atoms with Crippen molar-refractivity contribution in [2.24, 2.45) is 0 Å². The number of rotatable bonds is 12. The van der Waals surface area contributed by atoms with Gasteiger partial charge in [0, 0.05) is 20.1 Å². The third kappa shape index (κ3) is 7.91. The monoisotopic (exact) mass is 585 g/mol. The Balaban J connectivity index is 1.30. The summed E-state index contributed by atoms with van der Waals surface area (Å²) >= 11 is 0. The van der Waals surface area contributed by atoms with E-state index in [1.54, 1.807) is 11.9 Å². The van der Waals surface area contributed by atoms with Crippen LogP contribution in [-0.2, 0) is 13.2 Å². The summed E-state index contributed by atoms with van der Waals surface area (Å²) in [4.78, 5) is 16.7. The molecule has 222 valence electrons. The Kier molecular flexibility index (Phi) is 10.0. The fraction of sp³-hybridized carbons (Fsp3) is 0.194. The SMILES string of the molecule is CN(CCN(C)C(c1ccc(OCc2ccccc2)cc1)c1ccc(OCc2ccccc2)cc1)C(=O)n1cc(C#N)cn1. The fourth-order valence-electron chi connectivity index (χ4n) is 4.87. The number of aromatic nitrogens is 2. The zero-order valence-electron chi connectivity index (χ0n) is 24.9. The molecular formula is C36H35N5O3. The summed E-state index contributed by atoms with van der Waals surface area (Å²) in [5.41, 5.74) is 4.76. The first-order valence-corrected chi connectivity index (χ1v) is 14.4. The molecule has 0 unspecified atom stereocenters. The van der Waals surface area contributed by atoms with E-state index in [0.717, 1.165) is 33.8 Å². The molecule has 0 aliphatic rings. The molecule has 0 atom stereocenters. The van der Waals surface area contributed by atoms with Gasteiger partial charge in [0.25, 0.3) is 0 Å². The molecule has 0 radical (unpaired) electrons. The number of amides is 1. The Labute approximate surface area is 258 Å². The Morgan fingerprint density at radius 2 is 1.27 bits per heavy atom. The summed E-state index contributed by atoms with van der Waals surface area (Å²) in [6.07, 6.45) is 2.82. The summed E-state index contributed by atoms with van der Waals surface area (Å²) in [5.74, 6) is 1.59. The maximum absolute atomic E-state index is 12.9. The van der Waals surface area contributed by atoms with E-state index in [-0.39, 0.29) is 12.1 Å². The van der Waals surface area contributed by atoms with Crippen LogP contribution in [0.1, 0.15) is 33.9 Å². The number of carbonyl (C=O) groups excluding carboxylic acids is 1. The van der Waals surface area contributed by atoms with Crippen LogP contribution in [0.15, 0.2) is 122 Å². The number of hydrogen-bond donors (Lipinski definition) is 0. The molecule has 0 bridgehead atoms. The van der Waals surface area contributed by atoms with Gasteiger partial charge in [-0.3, -0.25) is 4.90 Å². The van der Waals surface area contributed by atoms with E-state index < -0.39 is 0 Å². The van der Waals surface area contributed by atoms with Crippen LogP contribution in [0.2, 0.25) is 0 Å². The molecule has 44 heavy (non-hydrogen) atoms. The summed E-state index contributed by atoms with van der Waals surface area (Å²) in [5, 5.41) is 13.1. The first-order chi connectivity index (χ1) is 21.5. The minimum Gasteiger partial charge on any atom is -0.489 e. The second-order valence-electron chi connectivity index (χ2n) is 10.6. The largest absolute Gasteiger partial charge is 0.489 e. The summed E-state index contributed by atoms with van der Waals surface area (Å²) in [6, 6.07) is 38.1. The highest BCUT2D eigenvalue weighted by atomic mass is 16.5. The van der Waals surface area contributed by atoms with Gasteiger partial charge >= 0.3 is 6.03 Å². The maximum Gasteiger partial charge on any atom is 0.344 e. The molecule has 8 heteroatoms. The smallest absolute Gasteiger partial charge is 0.344 e. The van der Waals surface area contributed by atoms with Crippen LogP contribution < -0.4 is 9.47 Å². The van der Waals surface area contributed by atoms with Crippen LogP contribution in [-0.4, -0.2) is 52.8 Å². The van der Waals surface area contributed by atoms with E-state index in [0.29, 0.717) is 31.9 Å². The zero-order chi connectivity index (χ0) is 30.7. The molecule has 0 N–H and O–H groups in total. The highest BCUT2D eigenvalue weighted by molar-refractivity contribution is 5.75. The second kappa shape index (κ2) is 14.7. The topological polar surface area (TPSA) is 83.6 Å². The highest BCUT2D eigenvalue weighted by Crippen LogP contribution is 2.30. The van der Waals surface area contributed by atoms with Crippen molar-refractivity contribution in [1.82, 2.24) is 19.6 Å². The van der Waals surface area contributed by atoms with Gasteiger partial charge in [-0.05, 0) is 53.6 Å². The Hall–Kier alpha value is -5.39. The molecule has 1 amide bonds. The van der Waals surface area contributed by atoms with Crippen LogP contribution in [0.5, 0.6) is 11.5 Å². The van der Waals surface area contributed by atoms with Crippen molar-refractivity contribution in [2.75, 3.05) is 27.2 Å². The molecule has 5 aromatic rings. The predicted molar refractivity (Wildman–Crippen MR) is 169 cm³/mol. The average Bonchev–Trinajstić information content (AvgIpc) is 3.57. The molecule has 0 spiro atoms. The van der Waals surface area contributed by atoms with Gasteiger partial charge in [0.05, 0.1) is 24.0 Å². The molecule has 0 aliphatic carbocycles. The summed E-state index contributed by atoms with van der Waals surface area (Å²) in [6.45, 7) is 2.06. The summed E-state index contributed by atoms with van der Waals surface area (Å²) in [7, 11) is 3.78. The molecule has 0 aliphatic heterocycles. The zero-order valence-corrected chi connectivity index (χ0v) is 24.9. The van der Waals surface area contributed by atoms with Crippen molar-refractivity contribution >= 4 is 6.03 Å². The number of hydrogen-bond acceptors (Lipinski definition) is 6. The summed E-state index contributed by atoms with van der Waals surface area (Å²) < 4.78 is 13.2. The average molecular weight is 586 g/mol. The minimum absolute atomic E-state index is 0.0836. The van der Waals surface area contributed by atoms with E-state index in [1.807, 2.05) is 98.0 Å². The molecule has 8 nitrogen and oxygen atoms in total. The highest BCUT2D eigenvalue weighted by Gasteiger charge is 2.21. The van der Waals surface area contributed by atoms with Gasteiger partial charge in [0.1, 0.15) is 30.8 Å². The van der Waals surface area contributed by atoms with Crippen molar-refractivity contribution in [3.63, 3.8) is 0 Å². The lowest BCUT2D eigenvalue weighted by molar-refractivity contribution is 0.193. The van der Waals surface area contributed by atoms with Gasteiger partial charge < -0.3 is 14.4 Å². The Morgan fingerprint density at radius 1 is 0.773 bits per heavy atom. The van der Waals surface area contributed by atoms with Crippen molar-refractivity contribution in [2.45, 2.75) is 19.3 Å². The second-order valence-corrected chi connectivity index (χ2v) is 10.6. The van der Waals surface area contributed by atoms with Gasteiger partial charge in [0.2, 0.25) is 0 Å². The van der Waals surface area contributed by atoms with Crippen molar-refractivity contribution in [3.05, 3.63) is 149 Å². The third-order valence-electron chi connectivity index (χ3n) is 7.35. The molecule has 4 aromatic carbocycles. The predicted octanol–water partition coefficient (Wildman–Crippen LogP) is 6.53. The van der Waals surface area contributed by atoms with Gasteiger partial charge in [-0.25, -0.2) is 4.79 Å². The molecule has 5 rings (SSSR count). The Morgan fingerprint density at radius 3 is 1.73 bits per heavy atom. The van der Waals surface area contributed by atoms with Crippen molar-refractivity contribution in [1.29, 1.82) is 5.26 Å². The number of nitriles is 1. The minimum atomic E-state index is -0.295. The van der Waals surface area contributed by atoms with Gasteiger partial charge in [0.15, 0.2) is 0 Å². The number of carbonyl (C=O) groups is 1. The fourth-order valence-corrected chi connectivity index (χ4v) is 4.87. The van der Waals surface area contributed by atoms with E-state index >= 15 is 0 Å². The van der Waals surface area contributed by atoms with E-state index in [9.17, 15) is 4.79 Å². The van der Waals surface area contributed by atoms with Crippen molar-refractivity contribution in [3.8, 4) is 17.6 Å². The molecule has 0 saturated carbocycles. The van der Waals surface area contributed by atoms with Crippen LogP contribution in [0.3, 0.4) is 0 Å².